The molecule has 0 aliphatic rings. The van der Waals surface area contributed by atoms with Gasteiger partial charge in [0.2, 0.25) is 5.91 Å². The molecule has 0 saturated carbocycles. The van der Waals surface area contributed by atoms with Gasteiger partial charge in [0.15, 0.2) is 17.2 Å². The average molecular weight is 378 g/mol. The van der Waals surface area contributed by atoms with Crippen LogP contribution in [0.4, 0.5) is 0 Å². The zero-order chi connectivity index (χ0) is 19.3. The predicted octanol–water partition coefficient (Wildman–Crippen LogP) is 2.50. The van der Waals surface area contributed by atoms with E-state index < -0.39 is 11.4 Å². The van der Waals surface area contributed by atoms with Gasteiger partial charge in [0.05, 0.1) is 24.6 Å². The van der Waals surface area contributed by atoms with Crippen molar-refractivity contribution in [3.05, 3.63) is 39.8 Å². The van der Waals surface area contributed by atoms with E-state index in [4.69, 9.17) is 14.6 Å². The number of thiazole rings is 1. The lowest BCUT2D eigenvalue weighted by molar-refractivity contribution is -0.125. The Morgan fingerprint density at radius 1 is 1.23 bits per heavy atom. The van der Waals surface area contributed by atoms with Crippen molar-refractivity contribution in [2.45, 2.75) is 25.7 Å². The molecule has 0 bridgehead atoms. The number of aromatic carboxylic acids is 1. The second-order valence-corrected chi connectivity index (χ2v) is 7.07. The molecule has 0 aliphatic carbocycles. The third kappa shape index (κ3) is 4.32. The summed E-state index contributed by atoms with van der Waals surface area (Å²) in [6.07, 6.45) is 0.478. The lowest BCUT2D eigenvalue weighted by atomic mass is 9.83. The van der Waals surface area contributed by atoms with Gasteiger partial charge in [-0.2, -0.15) is 0 Å². The number of hydrogen-bond acceptors (Lipinski definition) is 6. The molecule has 2 N–H and O–H groups in total. The van der Waals surface area contributed by atoms with Gasteiger partial charge in [0.1, 0.15) is 0 Å². The number of aromatic nitrogens is 1. The third-order valence-corrected chi connectivity index (χ3v) is 4.98. The van der Waals surface area contributed by atoms with Gasteiger partial charge in [-0.25, -0.2) is 9.78 Å². The second-order valence-electron chi connectivity index (χ2n) is 6.13. The van der Waals surface area contributed by atoms with Gasteiger partial charge in [-0.3, -0.25) is 4.79 Å². The summed E-state index contributed by atoms with van der Waals surface area (Å²) in [5, 5.41) is 13.9. The van der Waals surface area contributed by atoms with Crippen molar-refractivity contribution in [2.24, 2.45) is 0 Å². The molecule has 0 fully saturated rings. The number of carbonyl (C=O) groups excluding carboxylic acids is 1. The number of hydrogen-bond donors (Lipinski definition) is 2. The summed E-state index contributed by atoms with van der Waals surface area (Å²) >= 11 is 1.27. The van der Waals surface area contributed by atoms with Crippen LogP contribution in [-0.4, -0.2) is 42.7 Å². The van der Waals surface area contributed by atoms with E-state index in [-0.39, 0.29) is 11.6 Å². The molecule has 26 heavy (non-hydrogen) atoms. The van der Waals surface area contributed by atoms with Crippen molar-refractivity contribution in [1.29, 1.82) is 0 Å². The Bertz CT molecular complexity index is 801. The standard InChI is InChI=1S/C18H22N2O5S/c1-18(2,11-5-6-13(24-3)14(9-11)25-4)17(23)19-8-7-15-20-12(10-26-15)16(21)22/h5-6,9-10H,7-8H2,1-4H3,(H,19,23)(H,21,22). The first-order chi connectivity index (χ1) is 12.3. The first-order valence-corrected chi connectivity index (χ1v) is 8.86. The molecule has 0 saturated heterocycles. The number of amides is 1. The topological polar surface area (TPSA) is 97.8 Å². The third-order valence-electron chi connectivity index (χ3n) is 4.07. The van der Waals surface area contributed by atoms with Crippen molar-refractivity contribution in [2.75, 3.05) is 20.8 Å². The van der Waals surface area contributed by atoms with Gasteiger partial charge in [-0.05, 0) is 31.5 Å². The number of nitrogens with one attached hydrogen (secondary N) is 1. The fourth-order valence-corrected chi connectivity index (χ4v) is 3.16. The highest BCUT2D eigenvalue weighted by molar-refractivity contribution is 7.09. The Morgan fingerprint density at radius 3 is 2.50 bits per heavy atom. The Hall–Kier alpha value is -2.61. The fourth-order valence-electron chi connectivity index (χ4n) is 2.38. The van der Waals surface area contributed by atoms with E-state index in [2.05, 4.69) is 10.3 Å². The molecule has 1 aromatic carbocycles. The minimum Gasteiger partial charge on any atom is -0.493 e. The summed E-state index contributed by atoms with van der Waals surface area (Å²) in [5.41, 5.74) is 0.0614. The van der Waals surface area contributed by atoms with Crippen LogP contribution < -0.4 is 14.8 Å². The van der Waals surface area contributed by atoms with E-state index in [1.54, 1.807) is 26.4 Å². The van der Waals surface area contributed by atoms with Crippen LogP contribution in [0.15, 0.2) is 23.6 Å². The molecule has 2 aromatic rings. The minimum atomic E-state index is -1.05. The molecule has 0 unspecified atom stereocenters. The van der Waals surface area contributed by atoms with Crippen molar-refractivity contribution in [3.8, 4) is 11.5 Å². The molecule has 8 heteroatoms. The maximum atomic E-state index is 12.6. The SMILES string of the molecule is COc1ccc(C(C)(C)C(=O)NCCc2nc(C(=O)O)cs2)cc1OC. The van der Waals surface area contributed by atoms with Crippen LogP contribution in [-0.2, 0) is 16.6 Å². The smallest absolute Gasteiger partial charge is 0.355 e. The number of rotatable bonds is 8. The molecule has 7 nitrogen and oxygen atoms in total. The predicted molar refractivity (Wildman–Crippen MR) is 98.4 cm³/mol. The molecular formula is C18H22N2O5S. The normalized spacial score (nSPS) is 11.1. The highest BCUT2D eigenvalue weighted by atomic mass is 32.1. The molecule has 0 atom stereocenters. The molecule has 2 rings (SSSR count). The number of ether oxygens (including phenoxy) is 2. The molecule has 1 heterocycles. The summed E-state index contributed by atoms with van der Waals surface area (Å²) in [6, 6.07) is 5.39. The minimum absolute atomic E-state index is 0.0296. The van der Waals surface area contributed by atoms with Crippen LogP contribution in [0, 0.1) is 0 Å². The highest BCUT2D eigenvalue weighted by Crippen LogP contribution is 2.33. The zero-order valence-corrected chi connectivity index (χ0v) is 16.0. The lowest BCUT2D eigenvalue weighted by Crippen LogP contribution is -2.40. The van der Waals surface area contributed by atoms with E-state index in [1.807, 2.05) is 19.9 Å². The first-order valence-electron chi connectivity index (χ1n) is 7.98. The number of carbonyl (C=O) groups is 2. The summed E-state index contributed by atoms with van der Waals surface area (Å²) in [6.45, 7) is 4.03. The van der Waals surface area contributed by atoms with Crippen LogP contribution >= 0.6 is 11.3 Å². The molecule has 0 radical (unpaired) electrons. The van der Waals surface area contributed by atoms with Gasteiger partial charge in [-0.15, -0.1) is 11.3 Å². The Kier molecular flexibility index (Phi) is 6.20. The monoisotopic (exact) mass is 378 g/mol. The Labute approximate surface area is 156 Å². The van der Waals surface area contributed by atoms with Crippen molar-refractivity contribution >= 4 is 23.2 Å². The van der Waals surface area contributed by atoms with Crippen LogP contribution in [0.25, 0.3) is 0 Å². The summed E-state index contributed by atoms with van der Waals surface area (Å²) < 4.78 is 10.5. The van der Waals surface area contributed by atoms with Crippen molar-refractivity contribution < 1.29 is 24.2 Å². The van der Waals surface area contributed by atoms with Crippen molar-refractivity contribution in [1.82, 2.24) is 10.3 Å². The van der Waals surface area contributed by atoms with E-state index in [9.17, 15) is 9.59 Å². The van der Waals surface area contributed by atoms with Crippen LogP contribution in [0.2, 0.25) is 0 Å². The van der Waals surface area contributed by atoms with E-state index >= 15 is 0 Å². The van der Waals surface area contributed by atoms with E-state index in [0.29, 0.717) is 29.5 Å². The van der Waals surface area contributed by atoms with Crippen molar-refractivity contribution in [3.63, 3.8) is 0 Å². The van der Waals surface area contributed by atoms with Gasteiger partial charge < -0.3 is 19.9 Å². The zero-order valence-electron chi connectivity index (χ0n) is 15.2. The van der Waals surface area contributed by atoms with Crippen LogP contribution in [0.3, 0.4) is 0 Å². The molecule has 1 aromatic heterocycles. The maximum absolute atomic E-state index is 12.6. The van der Waals surface area contributed by atoms with Gasteiger partial charge in [0.25, 0.3) is 0 Å². The average Bonchev–Trinajstić information content (AvgIpc) is 3.10. The maximum Gasteiger partial charge on any atom is 0.355 e. The number of carboxylic acid groups (broad SMARTS) is 1. The number of carboxylic acids is 1. The van der Waals surface area contributed by atoms with Gasteiger partial charge >= 0.3 is 5.97 Å². The van der Waals surface area contributed by atoms with E-state index in [1.165, 1.54) is 16.7 Å². The Morgan fingerprint density at radius 2 is 1.92 bits per heavy atom. The molecule has 0 spiro atoms. The summed E-state index contributed by atoms with van der Waals surface area (Å²) in [5.74, 6) is -0.0221. The highest BCUT2D eigenvalue weighted by Gasteiger charge is 2.30. The lowest BCUT2D eigenvalue weighted by Gasteiger charge is -2.25. The second kappa shape index (κ2) is 8.18. The van der Waals surface area contributed by atoms with Crippen LogP contribution in [0.5, 0.6) is 11.5 Å². The Balaban J connectivity index is 2.01. The molecule has 0 aliphatic heterocycles. The molecule has 1 amide bonds. The van der Waals surface area contributed by atoms with Gasteiger partial charge in [-0.1, -0.05) is 6.07 Å². The van der Waals surface area contributed by atoms with Crippen LogP contribution in [0.1, 0.15) is 34.9 Å². The molecular weight excluding hydrogens is 356 g/mol. The fraction of sp³-hybridized carbons (Fsp3) is 0.389. The summed E-state index contributed by atoms with van der Waals surface area (Å²) in [4.78, 5) is 27.5. The quantitative estimate of drug-likeness (QED) is 0.732. The first kappa shape index (κ1) is 19.7. The number of nitrogens with zero attached hydrogens (tertiary/aromatic N) is 1. The molecule has 140 valence electrons. The number of methoxy groups -OCH3 is 2. The number of benzene rings is 1. The van der Waals surface area contributed by atoms with E-state index in [0.717, 1.165) is 5.56 Å². The largest absolute Gasteiger partial charge is 0.493 e. The summed E-state index contributed by atoms with van der Waals surface area (Å²) in [7, 11) is 3.11. The van der Waals surface area contributed by atoms with Gasteiger partial charge in [0, 0.05) is 18.3 Å².